The number of amides is 1. The van der Waals surface area contributed by atoms with Crippen LogP contribution >= 0.6 is 11.6 Å². The van der Waals surface area contributed by atoms with Gasteiger partial charge in [-0.05, 0) is 63.0 Å². The summed E-state index contributed by atoms with van der Waals surface area (Å²) in [7, 11) is 0. The zero-order valence-electron chi connectivity index (χ0n) is 11.9. The largest absolute Gasteiger partial charge is 0.330 e. The van der Waals surface area contributed by atoms with Crippen molar-refractivity contribution < 1.29 is 4.79 Å². The van der Waals surface area contributed by atoms with E-state index in [0.29, 0.717) is 17.5 Å². The average Bonchev–Trinajstić information content (AvgIpc) is 2.44. The highest BCUT2D eigenvalue weighted by molar-refractivity contribution is 6.31. The summed E-state index contributed by atoms with van der Waals surface area (Å²) in [6.07, 6.45) is 2.17. The number of likely N-dealkylation sites (tertiary alicyclic amines) is 1. The fraction of sp³-hybridized carbons (Fsp3) is 0.533. The van der Waals surface area contributed by atoms with Crippen LogP contribution in [0.5, 0.6) is 0 Å². The third-order valence-corrected chi connectivity index (χ3v) is 4.27. The molecule has 0 aliphatic carbocycles. The molecule has 0 atom stereocenters. The minimum atomic E-state index is 0.0103. The van der Waals surface area contributed by atoms with E-state index in [4.69, 9.17) is 17.3 Å². The number of carbonyl (C=O) groups is 1. The number of nitrogens with one attached hydrogen (secondary N) is 1. The van der Waals surface area contributed by atoms with Gasteiger partial charge in [-0.1, -0.05) is 17.7 Å². The van der Waals surface area contributed by atoms with Gasteiger partial charge in [0.25, 0.3) is 0 Å². The lowest BCUT2D eigenvalue weighted by Gasteiger charge is -2.30. The molecule has 1 aromatic carbocycles. The minimum Gasteiger partial charge on any atom is -0.330 e. The Morgan fingerprint density at radius 3 is 2.75 bits per heavy atom. The molecular formula is C15H22ClN3O. The van der Waals surface area contributed by atoms with Crippen LogP contribution in [0.1, 0.15) is 18.4 Å². The number of aryl methyl sites for hydroxylation is 1. The molecule has 5 heteroatoms. The zero-order valence-corrected chi connectivity index (χ0v) is 12.6. The number of nitrogens with zero attached hydrogens (tertiary/aromatic N) is 1. The standard InChI is InChI=1S/C15H22ClN3O/c1-11-2-3-13(8-14(11)16)18-15(20)10-19-6-4-12(9-17)5-7-19/h2-3,8,12H,4-7,9-10,17H2,1H3,(H,18,20). The van der Waals surface area contributed by atoms with Gasteiger partial charge in [-0.3, -0.25) is 9.69 Å². The summed E-state index contributed by atoms with van der Waals surface area (Å²) in [5.41, 5.74) is 7.43. The van der Waals surface area contributed by atoms with E-state index in [1.807, 2.05) is 19.1 Å². The molecule has 110 valence electrons. The maximum absolute atomic E-state index is 12.0. The van der Waals surface area contributed by atoms with Crippen LogP contribution in [0.15, 0.2) is 18.2 Å². The number of piperidine rings is 1. The van der Waals surface area contributed by atoms with Gasteiger partial charge in [0.2, 0.25) is 5.91 Å². The van der Waals surface area contributed by atoms with Gasteiger partial charge in [-0.25, -0.2) is 0 Å². The lowest BCUT2D eigenvalue weighted by atomic mass is 9.97. The normalized spacial score (nSPS) is 17.1. The highest BCUT2D eigenvalue weighted by atomic mass is 35.5. The van der Waals surface area contributed by atoms with Crippen LogP contribution in [0.4, 0.5) is 5.69 Å². The quantitative estimate of drug-likeness (QED) is 0.896. The molecule has 0 bridgehead atoms. The summed E-state index contributed by atoms with van der Waals surface area (Å²) < 4.78 is 0. The van der Waals surface area contributed by atoms with Gasteiger partial charge in [0.15, 0.2) is 0 Å². The Morgan fingerprint density at radius 1 is 1.45 bits per heavy atom. The van der Waals surface area contributed by atoms with E-state index in [0.717, 1.165) is 43.7 Å². The highest BCUT2D eigenvalue weighted by Crippen LogP contribution is 2.20. The molecular weight excluding hydrogens is 274 g/mol. The second kappa shape index (κ2) is 7.07. The minimum absolute atomic E-state index is 0.0103. The molecule has 1 fully saturated rings. The summed E-state index contributed by atoms with van der Waals surface area (Å²) in [5, 5.41) is 3.57. The van der Waals surface area contributed by atoms with Gasteiger partial charge in [0, 0.05) is 10.7 Å². The van der Waals surface area contributed by atoms with E-state index in [-0.39, 0.29) is 5.91 Å². The van der Waals surface area contributed by atoms with Crippen molar-refractivity contribution in [1.29, 1.82) is 0 Å². The van der Waals surface area contributed by atoms with E-state index in [1.165, 1.54) is 0 Å². The SMILES string of the molecule is Cc1ccc(NC(=O)CN2CCC(CN)CC2)cc1Cl. The zero-order chi connectivity index (χ0) is 14.5. The highest BCUT2D eigenvalue weighted by Gasteiger charge is 2.19. The fourth-order valence-electron chi connectivity index (χ4n) is 2.45. The van der Waals surface area contributed by atoms with Crippen LogP contribution in [0, 0.1) is 12.8 Å². The number of carbonyl (C=O) groups excluding carboxylic acids is 1. The summed E-state index contributed by atoms with van der Waals surface area (Å²) in [6, 6.07) is 5.57. The first-order valence-corrected chi connectivity index (χ1v) is 7.44. The van der Waals surface area contributed by atoms with Crippen LogP contribution in [-0.4, -0.2) is 37.0 Å². The van der Waals surface area contributed by atoms with Crippen molar-refractivity contribution in [3.8, 4) is 0 Å². The third-order valence-electron chi connectivity index (χ3n) is 3.86. The lowest BCUT2D eigenvalue weighted by Crippen LogP contribution is -2.40. The Morgan fingerprint density at radius 2 is 2.15 bits per heavy atom. The summed E-state index contributed by atoms with van der Waals surface area (Å²) >= 11 is 6.05. The van der Waals surface area contributed by atoms with E-state index < -0.39 is 0 Å². The molecule has 4 nitrogen and oxygen atoms in total. The first-order chi connectivity index (χ1) is 9.58. The third kappa shape index (κ3) is 4.20. The number of halogens is 1. The lowest BCUT2D eigenvalue weighted by molar-refractivity contribution is -0.117. The van der Waals surface area contributed by atoms with Crippen LogP contribution in [0.25, 0.3) is 0 Å². The van der Waals surface area contributed by atoms with Crippen molar-refractivity contribution in [1.82, 2.24) is 4.90 Å². The molecule has 0 aromatic heterocycles. The topological polar surface area (TPSA) is 58.4 Å². The van der Waals surface area contributed by atoms with Gasteiger partial charge in [-0.2, -0.15) is 0 Å². The molecule has 1 aromatic rings. The van der Waals surface area contributed by atoms with E-state index >= 15 is 0 Å². The predicted molar refractivity (Wildman–Crippen MR) is 83.0 cm³/mol. The van der Waals surface area contributed by atoms with Crippen molar-refractivity contribution >= 4 is 23.2 Å². The Kier molecular flexibility index (Phi) is 5.40. The molecule has 1 saturated heterocycles. The van der Waals surface area contributed by atoms with Crippen LogP contribution < -0.4 is 11.1 Å². The van der Waals surface area contributed by atoms with Gasteiger partial charge in [0.1, 0.15) is 0 Å². The van der Waals surface area contributed by atoms with E-state index in [9.17, 15) is 4.79 Å². The molecule has 2 rings (SSSR count). The predicted octanol–water partition coefficient (Wildman–Crippen LogP) is 2.26. The van der Waals surface area contributed by atoms with Crippen molar-refractivity contribution in [2.75, 3.05) is 31.5 Å². The van der Waals surface area contributed by atoms with E-state index in [2.05, 4.69) is 10.2 Å². The van der Waals surface area contributed by atoms with Gasteiger partial charge >= 0.3 is 0 Å². The average molecular weight is 296 g/mol. The molecule has 1 aliphatic rings. The van der Waals surface area contributed by atoms with Gasteiger partial charge in [0.05, 0.1) is 6.54 Å². The number of anilines is 1. The second-order valence-electron chi connectivity index (χ2n) is 5.47. The fourth-order valence-corrected chi connectivity index (χ4v) is 2.64. The maximum Gasteiger partial charge on any atom is 0.238 e. The monoisotopic (exact) mass is 295 g/mol. The van der Waals surface area contributed by atoms with Gasteiger partial charge in [-0.15, -0.1) is 0 Å². The van der Waals surface area contributed by atoms with Gasteiger partial charge < -0.3 is 11.1 Å². The number of benzene rings is 1. The summed E-state index contributed by atoms with van der Waals surface area (Å²) in [6.45, 7) is 5.02. The van der Waals surface area contributed by atoms with Crippen molar-refractivity contribution in [2.24, 2.45) is 11.7 Å². The summed E-state index contributed by atoms with van der Waals surface area (Å²) in [5.74, 6) is 0.626. The maximum atomic E-state index is 12.0. The Hall–Kier alpha value is -1.10. The van der Waals surface area contributed by atoms with E-state index in [1.54, 1.807) is 6.07 Å². The van der Waals surface area contributed by atoms with Crippen LogP contribution in [0.2, 0.25) is 5.02 Å². The molecule has 1 aliphatic heterocycles. The smallest absolute Gasteiger partial charge is 0.238 e. The number of rotatable bonds is 4. The molecule has 1 heterocycles. The van der Waals surface area contributed by atoms with Crippen molar-refractivity contribution in [3.63, 3.8) is 0 Å². The molecule has 20 heavy (non-hydrogen) atoms. The van der Waals surface area contributed by atoms with Crippen LogP contribution in [-0.2, 0) is 4.79 Å². The Bertz CT molecular complexity index is 470. The Labute approximate surface area is 125 Å². The van der Waals surface area contributed by atoms with Crippen LogP contribution in [0.3, 0.4) is 0 Å². The molecule has 0 saturated carbocycles. The number of hydrogen-bond acceptors (Lipinski definition) is 3. The first kappa shape index (κ1) is 15.3. The molecule has 3 N–H and O–H groups in total. The molecule has 0 spiro atoms. The number of hydrogen-bond donors (Lipinski definition) is 2. The first-order valence-electron chi connectivity index (χ1n) is 7.07. The molecule has 0 radical (unpaired) electrons. The number of nitrogens with two attached hydrogens (primary N) is 1. The van der Waals surface area contributed by atoms with Crippen molar-refractivity contribution in [3.05, 3.63) is 28.8 Å². The Balaban J connectivity index is 1.82. The molecule has 1 amide bonds. The second-order valence-corrected chi connectivity index (χ2v) is 5.87. The summed E-state index contributed by atoms with van der Waals surface area (Å²) in [4.78, 5) is 14.2. The van der Waals surface area contributed by atoms with Crippen molar-refractivity contribution in [2.45, 2.75) is 19.8 Å². The molecule has 0 unspecified atom stereocenters.